The molecule has 4 aromatic rings. The van der Waals surface area contributed by atoms with Gasteiger partial charge in [-0.15, -0.1) is 0 Å². The summed E-state index contributed by atoms with van der Waals surface area (Å²) in [5, 5.41) is 14.9. The topological polar surface area (TPSA) is 95.7 Å². The number of fused-ring (bicyclic) bond motifs is 1. The van der Waals surface area contributed by atoms with Crippen molar-refractivity contribution >= 4 is 16.9 Å². The van der Waals surface area contributed by atoms with Crippen molar-refractivity contribution in [2.75, 3.05) is 7.11 Å². The Kier molecular flexibility index (Phi) is 6.96. The Morgan fingerprint density at radius 1 is 1.00 bits per heavy atom. The van der Waals surface area contributed by atoms with Crippen LogP contribution in [0.1, 0.15) is 36.8 Å². The van der Waals surface area contributed by atoms with Gasteiger partial charge in [-0.2, -0.15) is 5.10 Å². The number of nitrogens with zero attached hydrogens (tertiary/aromatic N) is 3. The quantitative estimate of drug-likeness (QED) is 0.362. The molecule has 2 aromatic carbocycles. The fourth-order valence-corrected chi connectivity index (χ4v) is 3.64. The summed E-state index contributed by atoms with van der Waals surface area (Å²) in [5.74, 6) is 0.532. The van der Waals surface area contributed by atoms with Crippen molar-refractivity contribution in [3.05, 3.63) is 77.6 Å². The molecule has 0 saturated heterocycles. The van der Waals surface area contributed by atoms with E-state index < -0.39 is 5.97 Å². The van der Waals surface area contributed by atoms with Crippen LogP contribution in [0.3, 0.4) is 0 Å². The van der Waals surface area contributed by atoms with Crippen molar-refractivity contribution in [3.8, 4) is 17.4 Å². The first kappa shape index (κ1) is 23.1. The molecule has 0 spiro atoms. The summed E-state index contributed by atoms with van der Waals surface area (Å²) in [4.78, 5) is 15.9. The molecule has 4 rings (SSSR count). The zero-order valence-electron chi connectivity index (χ0n) is 19.4. The number of methoxy groups -OCH3 is 1. The maximum absolute atomic E-state index is 11.2. The standard InChI is InChI=1S/C26H27N3O5/c1-17(2)29-24(33-15-20-12-11-18-7-4-5-9-22(18)27-20)14-21(28-29)16-34-26-19(13-25(30)31)8-6-10-23(26)32-3/h4-12,14,17H,13,15-16H2,1-3H3,(H,30,31). The highest BCUT2D eigenvalue weighted by atomic mass is 16.5. The molecule has 176 valence electrons. The van der Waals surface area contributed by atoms with Crippen molar-refractivity contribution in [3.63, 3.8) is 0 Å². The summed E-state index contributed by atoms with van der Waals surface area (Å²) in [6, 6.07) is 19.0. The van der Waals surface area contributed by atoms with Gasteiger partial charge in [0, 0.05) is 17.0 Å². The van der Waals surface area contributed by atoms with E-state index in [0.29, 0.717) is 35.2 Å². The second kappa shape index (κ2) is 10.2. The molecule has 2 heterocycles. The average Bonchev–Trinajstić information content (AvgIpc) is 3.24. The Bertz CT molecular complexity index is 1300. The number of rotatable bonds is 10. The molecule has 1 N–H and O–H groups in total. The van der Waals surface area contributed by atoms with Crippen LogP contribution in [0.15, 0.2) is 60.7 Å². The van der Waals surface area contributed by atoms with Gasteiger partial charge in [0.15, 0.2) is 11.5 Å². The number of aromatic nitrogens is 3. The fourth-order valence-electron chi connectivity index (χ4n) is 3.64. The summed E-state index contributed by atoms with van der Waals surface area (Å²) in [6.07, 6.45) is -0.167. The van der Waals surface area contributed by atoms with Crippen LogP contribution in [0, 0.1) is 0 Å². The Labute approximate surface area is 197 Å². The molecule has 8 heteroatoms. The predicted octanol–water partition coefficient (Wildman–Crippen LogP) is 4.81. The van der Waals surface area contributed by atoms with E-state index in [1.165, 1.54) is 7.11 Å². The predicted molar refractivity (Wildman–Crippen MR) is 127 cm³/mol. The van der Waals surface area contributed by atoms with Crippen LogP contribution in [0.25, 0.3) is 10.9 Å². The van der Waals surface area contributed by atoms with E-state index in [0.717, 1.165) is 16.6 Å². The van der Waals surface area contributed by atoms with Crippen molar-refractivity contribution in [2.45, 2.75) is 39.5 Å². The molecule has 0 atom stereocenters. The monoisotopic (exact) mass is 461 g/mol. The molecule has 0 aliphatic carbocycles. The maximum Gasteiger partial charge on any atom is 0.307 e. The molecular formula is C26H27N3O5. The molecule has 34 heavy (non-hydrogen) atoms. The van der Waals surface area contributed by atoms with Crippen LogP contribution in [-0.4, -0.2) is 33.0 Å². The smallest absolute Gasteiger partial charge is 0.307 e. The zero-order chi connectivity index (χ0) is 24.1. The largest absolute Gasteiger partial charge is 0.493 e. The first-order valence-corrected chi connectivity index (χ1v) is 11.0. The van der Waals surface area contributed by atoms with Crippen LogP contribution >= 0.6 is 0 Å². The van der Waals surface area contributed by atoms with E-state index in [-0.39, 0.29) is 19.1 Å². The lowest BCUT2D eigenvalue weighted by Gasteiger charge is -2.13. The van der Waals surface area contributed by atoms with Crippen molar-refractivity contribution in [2.24, 2.45) is 0 Å². The first-order chi connectivity index (χ1) is 16.4. The van der Waals surface area contributed by atoms with Gasteiger partial charge in [-0.1, -0.05) is 36.4 Å². The second-order valence-electron chi connectivity index (χ2n) is 8.10. The normalized spacial score (nSPS) is 11.1. The maximum atomic E-state index is 11.2. The second-order valence-corrected chi connectivity index (χ2v) is 8.10. The van der Waals surface area contributed by atoms with Crippen LogP contribution in [0.2, 0.25) is 0 Å². The molecule has 0 amide bonds. The Morgan fingerprint density at radius 2 is 1.79 bits per heavy atom. The number of aliphatic carboxylic acids is 1. The van der Waals surface area contributed by atoms with E-state index in [1.54, 1.807) is 22.9 Å². The summed E-state index contributed by atoms with van der Waals surface area (Å²) in [6.45, 7) is 4.48. The highest BCUT2D eigenvalue weighted by Crippen LogP contribution is 2.32. The minimum absolute atomic E-state index is 0.0714. The van der Waals surface area contributed by atoms with Crippen molar-refractivity contribution in [1.29, 1.82) is 0 Å². The van der Waals surface area contributed by atoms with E-state index in [4.69, 9.17) is 14.2 Å². The molecule has 0 saturated carbocycles. The highest BCUT2D eigenvalue weighted by molar-refractivity contribution is 5.78. The zero-order valence-corrected chi connectivity index (χ0v) is 19.4. The third-order valence-electron chi connectivity index (χ3n) is 5.25. The lowest BCUT2D eigenvalue weighted by molar-refractivity contribution is -0.136. The summed E-state index contributed by atoms with van der Waals surface area (Å²) >= 11 is 0. The van der Waals surface area contributed by atoms with E-state index in [2.05, 4.69) is 10.1 Å². The van der Waals surface area contributed by atoms with Gasteiger partial charge in [-0.05, 0) is 32.0 Å². The SMILES string of the molecule is COc1cccc(CC(=O)O)c1OCc1cc(OCc2ccc3ccccc3n2)n(C(C)C)n1. The minimum Gasteiger partial charge on any atom is -0.493 e. The fraction of sp³-hybridized carbons (Fsp3) is 0.269. The van der Waals surface area contributed by atoms with Gasteiger partial charge in [-0.3, -0.25) is 4.79 Å². The Morgan fingerprint density at radius 3 is 2.56 bits per heavy atom. The van der Waals surface area contributed by atoms with E-state index >= 15 is 0 Å². The summed E-state index contributed by atoms with van der Waals surface area (Å²) < 4.78 is 19.2. The summed E-state index contributed by atoms with van der Waals surface area (Å²) in [7, 11) is 1.52. The van der Waals surface area contributed by atoms with Crippen molar-refractivity contribution < 1.29 is 24.1 Å². The van der Waals surface area contributed by atoms with Gasteiger partial charge >= 0.3 is 5.97 Å². The van der Waals surface area contributed by atoms with Crippen molar-refractivity contribution in [1.82, 2.24) is 14.8 Å². The van der Waals surface area contributed by atoms with Gasteiger partial charge in [0.25, 0.3) is 0 Å². The van der Waals surface area contributed by atoms with Gasteiger partial charge in [0.1, 0.15) is 18.9 Å². The number of carbonyl (C=O) groups is 1. The number of hydrogen-bond acceptors (Lipinski definition) is 6. The number of pyridine rings is 1. The number of ether oxygens (including phenoxy) is 3. The number of hydrogen-bond donors (Lipinski definition) is 1. The Hall–Kier alpha value is -4.07. The molecule has 0 aliphatic heterocycles. The van der Waals surface area contributed by atoms with E-state index in [9.17, 15) is 9.90 Å². The molecule has 0 aliphatic rings. The van der Waals surface area contributed by atoms with Crippen LogP contribution in [0.4, 0.5) is 0 Å². The number of carboxylic acid groups (broad SMARTS) is 1. The van der Waals surface area contributed by atoms with Gasteiger partial charge < -0.3 is 19.3 Å². The molecular weight excluding hydrogens is 434 g/mol. The van der Waals surface area contributed by atoms with Gasteiger partial charge in [-0.25, -0.2) is 9.67 Å². The van der Waals surface area contributed by atoms with Crippen LogP contribution in [0.5, 0.6) is 17.4 Å². The van der Waals surface area contributed by atoms with Crippen LogP contribution < -0.4 is 14.2 Å². The van der Waals surface area contributed by atoms with Crippen LogP contribution in [-0.2, 0) is 24.4 Å². The van der Waals surface area contributed by atoms with Gasteiger partial charge in [0.2, 0.25) is 5.88 Å². The molecule has 0 bridgehead atoms. The lowest BCUT2D eigenvalue weighted by Crippen LogP contribution is -2.09. The summed E-state index contributed by atoms with van der Waals surface area (Å²) in [5.41, 5.74) is 2.93. The number of para-hydroxylation sites is 2. The lowest BCUT2D eigenvalue weighted by atomic mass is 10.1. The average molecular weight is 462 g/mol. The minimum atomic E-state index is -0.944. The number of carboxylic acids is 1. The molecule has 0 unspecified atom stereocenters. The van der Waals surface area contributed by atoms with Gasteiger partial charge in [0.05, 0.1) is 30.8 Å². The Balaban J connectivity index is 1.51. The van der Waals surface area contributed by atoms with E-state index in [1.807, 2.05) is 56.3 Å². The third-order valence-corrected chi connectivity index (χ3v) is 5.25. The molecule has 8 nitrogen and oxygen atoms in total. The molecule has 0 fully saturated rings. The molecule has 0 radical (unpaired) electrons. The first-order valence-electron chi connectivity index (χ1n) is 11.0. The molecule has 2 aromatic heterocycles. The number of benzene rings is 2. The third kappa shape index (κ3) is 5.28. The highest BCUT2D eigenvalue weighted by Gasteiger charge is 2.17.